The molecule has 1 saturated carbocycles. The zero-order valence-electron chi connectivity index (χ0n) is 21.7. The molecule has 1 aromatic carbocycles. The highest BCUT2D eigenvalue weighted by Crippen LogP contribution is 2.36. The number of nitrogens with two attached hydrogens (primary N) is 1. The van der Waals surface area contributed by atoms with Crippen LogP contribution in [0.1, 0.15) is 50.9 Å². The Balaban J connectivity index is 1.71. The first-order valence-corrected chi connectivity index (χ1v) is 13.1. The number of amides is 1. The lowest BCUT2D eigenvalue weighted by Crippen LogP contribution is -2.45. The molecule has 0 bridgehead atoms. The third-order valence-electron chi connectivity index (χ3n) is 7.48. The maximum Gasteiger partial charge on any atom is 0.411 e. The monoisotopic (exact) mass is 505 g/mol. The number of hydrogen-bond acceptors (Lipinski definition) is 8. The minimum Gasteiger partial charge on any atom is -0.388 e. The van der Waals surface area contributed by atoms with Gasteiger partial charge in [-0.1, -0.05) is 43.5 Å². The van der Waals surface area contributed by atoms with E-state index in [0.29, 0.717) is 30.5 Å². The summed E-state index contributed by atoms with van der Waals surface area (Å²) in [6.45, 7) is 9.31. The van der Waals surface area contributed by atoms with Gasteiger partial charge in [0.2, 0.25) is 11.8 Å². The molecule has 2 aliphatic rings. The SMILES string of the molecule is Cc1cccc(-c2nc(C(=N)OC(N)=O)nc3nc(N4CCOC[C@@H]4C)n(CC4CCC(C)CC4)c23)c1. The van der Waals surface area contributed by atoms with Gasteiger partial charge in [-0.3, -0.25) is 5.41 Å². The minimum atomic E-state index is -1.08. The molecule has 1 aliphatic heterocycles. The Morgan fingerprint density at radius 1 is 1.19 bits per heavy atom. The Labute approximate surface area is 216 Å². The van der Waals surface area contributed by atoms with E-state index in [1.165, 1.54) is 25.7 Å². The summed E-state index contributed by atoms with van der Waals surface area (Å²) in [5, 5.41) is 8.24. The maximum absolute atomic E-state index is 11.4. The van der Waals surface area contributed by atoms with E-state index in [2.05, 4.69) is 34.4 Å². The molecule has 3 aromatic rings. The van der Waals surface area contributed by atoms with Gasteiger partial charge in [0, 0.05) is 18.7 Å². The Morgan fingerprint density at radius 2 is 1.97 bits per heavy atom. The summed E-state index contributed by atoms with van der Waals surface area (Å²) in [5.41, 5.74) is 9.10. The molecule has 3 heterocycles. The number of carbonyl (C=O) groups excluding carboxylic acids is 1. The number of aromatic nitrogens is 4. The summed E-state index contributed by atoms with van der Waals surface area (Å²) >= 11 is 0. The van der Waals surface area contributed by atoms with Crippen LogP contribution in [0, 0.1) is 24.2 Å². The Bertz CT molecular complexity index is 1310. The van der Waals surface area contributed by atoms with Gasteiger partial charge in [0.05, 0.1) is 19.3 Å². The Kier molecular flexibility index (Phi) is 7.10. The first kappa shape index (κ1) is 25.1. The number of hydrogen-bond donors (Lipinski definition) is 2. The van der Waals surface area contributed by atoms with Gasteiger partial charge >= 0.3 is 6.09 Å². The smallest absolute Gasteiger partial charge is 0.388 e. The van der Waals surface area contributed by atoms with Gasteiger partial charge in [-0.25, -0.2) is 14.8 Å². The van der Waals surface area contributed by atoms with Gasteiger partial charge < -0.3 is 24.7 Å². The number of carbonyl (C=O) groups is 1. The molecule has 1 saturated heterocycles. The Hall–Kier alpha value is -3.53. The molecule has 3 N–H and O–H groups in total. The molecule has 1 atom stereocenters. The van der Waals surface area contributed by atoms with Crippen LogP contribution in [0.25, 0.3) is 22.4 Å². The number of nitrogens with one attached hydrogen (secondary N) is 1. The molecule has 2 fully saturated rings. The molecule has 37 heavy (non-hydrogen) atoms. The second-order valence-electron chi connectivity index (χ2n) is 10.5. The standard InChI is InChI=1S/C27H35N7O3/c1-16-7-9-19(10-8-16)14-34-22-21(20-6-4-5-17(2)13-20)30-25(23(28)37-26(29)35)31-24(22)32-27(34)33-11-12-36-15-18(33)3/h4-6,13,16,18-19,28H,7-12,14-15H2,1-3H3,(H2,29,35)/t16?,18-,19?/m0/s1. The fourth-order valence-electron chi connectivity index (χ4n) is 5.45. The normalized spacial score (nSPS) is 22.2. The number of nitrogens with zero attached hydrogens (tertiary/aromatic N) is 5. The van der Waals surface area contributed by atoms with Crippen molar-refractivity contribution in [2.75, 3.05) is 24.7 Å². The van der Waals surface area contributed by atoms with Crippen molar-refractivity contribution in [1.82, 2.24) is 19.5 Å². The van der Waals surface area contributed by atoms with Crippen LogP contribution in [0.3, 0.4) is 0 Å². The molecule has 2 aromatic heterocycles. The van der Waals surface area contributed by atoms with E-state index in [0.717, 1.165) is 41.6 Å². The fraction of sp³-hybridized carbons (Fsp3) is 0.519. The van der Waals surface area contributed by atoms with E-state index >= 15 is 0 Å². The average Bonchev–Trinajstić information content (AvgIpc) is 3.22. The Morgan fingerprint density at radius 3 is 2.68 bits per heavy atom. The number of imidazole rings is 1. The van der Waals surface area contributed by atoms with Gasteiger partial charge in [-0.05, 0) is 44.6 Å². The van der Waals surface area contributed by atoms with E-state index in [1.54, 1.807) is 0 Å². The number of fused-ring (bicyclic) bond motifs is 1. The first-order chi connectivity index (χ1) is 17.8. The van der Waals surface area contributed by atoms with Crippen LogP contribution >= 0.6 is 0 Å². The van der Waals surface area contributed by atoms with Crippen molar-refractivity contribution in [3.05, 3.63) is 35.7 Å². The quantitative estimate of drug-likeness (QED) is 0.391. The zero-order chi connectivity index (χ0) is 26.1. The minimum absolute atomic E-state index is 0.0273. The third kappa shape index (κ3) is 5.29. The van der Waals surface area contributed by atoms with Crippen LogP contribution in [0.5, 0.6) is 0 Å². The van der Waals surface area contributed by atoms with Crippen molar-refractivity contribution < 1.29 is 14.3 Å². The van der Waals surface area contributed by atoms with Crippen molar-refractivity contribution in [2.45, 2.75) is 59.0 Å². The summed E-state index contributed by atoms with van der Waals surface area (Å²) in [7, 11) is 0. The van der Waals surface area contributed by atoms with E-state index in [1.807, 2.05) is 25.1 Å². The number of primary amides is 1. The largest absolute Gasteiger partial charge is 0.411 e. The van der Waals surface area contributed by atoms with Crippen LogP contribution in [0.2, 0.25) is 0 Å². The van der Waals surface area contributed by atoms with Gasteiger partial charge in [0.1, 0.15) is 11.2 Å². The second kappa shape index (κ2) is 10.5. The number of aryl methyl sites for hydroxylation is 1. The summed E-state index contributed by atoms with van der Waals surface area (Å²) < 4.78 is 12.8. The topological polar surface area (TPSA) is 132 Å². The lowest BCUT2D eigenvalue weighted by molar-refractivity contribution is 0.0976. The molecule has 0 unspecified atom stereocenters. The molecule has 1 amide bonds. The van der Waals surface area contributed by atoms with Crippen LogP contribution in [-0.4, -0.2) is 57.3 Å². The summed E-state index contributed by atoms with van der Waals surface area (Å²) in [6, 6.07) is 8.22. The molecule has 10 heteroatoms. The van der Waals surface area contributed by atoms with Crippen molar-refractivity contribution in [1.29, 1.82) is 5.41 Å². The number of benzene rings is 1. The lowest BCUT2D eigenvalue weighted by atomic mass is 9.83. The zero-order valence-corrected chi connectivity index (χ0v) is 21.7. The van der Waals surface area contributed by atoms with Gasteiger partial charge in [-0.15, -0.1) is 0 Å². The van der Waals surface area contributed by atoms with E-state index in [9.17, 15) is 4.79 Å². The predicted molar refractivity (Wildman–Crippen MR) is 142 cm³/mol. The van der Waals surface area contributed by atoms with Crippen LogP contribution in [0.15, 0.2) is 24.3 Å². The number of ether oxygens (including phenoxy) is 2. The molecular formula is C27H35N7O3. The number of morpholine rings is 1. The van der Waals surface area contributed by atoms with Crippen LogP contribution in [-0.2, 0) is 16.0 Å². The second-order valence-corrected chi connectivity index (χ2v) is 10.5. The molecule has 1 aliphatic carbocycles. The van der Waals surface area contributed by atoms with Gasteiger partial charge in [0.25, 0.3) is 5.90 Å². The number of rotatable bonds is 5. The summed E-state index contributed by atoms with van der Waals surface area (Å²) in [6.07, 6.45) is 3.73. The molecule has 0 spiro atoms. The van der Waals surface area contributed by atoms with E-state index in [-0.39, 0.29) is 11.9 Å². The van der Waals surface area contributed by atoms with E-state index in [4.69, 9.17) is 30.6 Å². The van der Waals surface area contributed by atoms with Gasteiger partial charge in [-0.2, -0.15) is 4.98 Å². The molecule has 0 radical (unpaired) electrons. The van der Waals surface area contributed by atoms with Crippen molar-refractivity contribution in [2.24, 2.45) is 17.6 Å². The highest BCUT2D eigenvalue weighted by molar-refractivity contribution is 5.98. The van der Waals surface area contributed by atoms with E-state index < -0.39 is 12.0 Å². The predicted octanol–water partition coefficient (Wildman–Crippen LogP) is 4.27. The highest BCUT2D eigenvalue weighted by Gasteiger charge is 2.30. The van der Waals surface area contributed by atoms with Gasteiger partial charge in [0.15, 0.2) is 5.65 Å². The molecule has 5 rings (SSSR count). The first-order valence-electron chi connectivity index (χ1n) is 13.1. The summed E-state index contributed by atoms with van der Waals surface area (Å²) in [4.78, 5) is 28.0. The molecule has 196 valence electrons. The van der Waals surface area contributed by atoms with Crippen LogP contribution in [0.4, 0.5) is 10.7 Å². The van der Waals surface area contributed by atoms with Crippen molar-refractivity contribution in [3.63, 3.8) is 0 Å². The molecule has 10 nitrogen and oxygen atoms in total. The third-order valence-corrected chi connectivity index (χ3v) is 7.48. The average molecular weight is 506 g/mol. The number of anilines is 1. The lowest BCUT2D eigenvalue weighted by Gasteiger charge is -2.35. The summed E-state index contributed by atoms with van der Waals surface area (Å²) in [5.74, 6) is 1.61. The fourth-order valence-corrected chi connectivity index (χ4v) is 5.45. The molecular weight excluding hydrogens is 470 g/mol. The highest BCUT2D eigenvalue weighted by atomic mass is 16.6. The van der Waals surface area contributed by atoms with Crippen LogP contribution < -0.4 is 10.6 Å². The van der Waals surface area contributed by atoms with Crippen molar-refractivity contribution >= 4 is 29.1 Å². The maximum atomic E-state index is 11.4. The van der Waals surface area contributed by atoms with Crippen molar-refractivity contribution in [3.8, 4) is 11.3 Å².